The van der Waals surface area contributed by atoms with Gasteiger partial charge in [0.1, 0.15) is 5.69 Å². The van der Waals surface area contributed by atoms with Crippen molar-refractivity contribution in [2.75, 3.05) is 5.32 Å². The van der Waals surface area contributed by atoms with Crippen molar-refractivity contribution >= 4 is 28.3 Å². The number of carbonyl (C=O) groups is 2. The summed E-state index contributed by atoms with van der Waals surface area (Å²) in [5.74, 6) is -1.37. The van der Waals surface area contributed by atoms with Crippen LogP contribution >= 0.6 is 11.3 Å². The molecule has 0 saturated carbocycles. The molecule has 2 N–H and O–H groups in total. The average Bonchev–Trinajstić information content (AvgIpc) is 3.04. The summed E-state index contributed by atoms with van der Waals surface area (Å²) in [4.78, 5) is 31.5. The average molecular weight is 325 g/mol. The highest BCUT2D eigenvalue weighted by atomic mass is 32.1. The van der Waals surface area contributed by atoms with Crippen molar-refractivity contribution in [2.24, 2.45) is 0 Å². The number of carboxylic acids is 1. The van der Waals surface area contributed by atoms with Crippen LogP contribution in [0.2, 0.25) is 0 Å². The van der Waals surface area contributed by atoms with E-state index in [1.54, 1.807) is 6.20 Å². The van der Waals surface area contributed by atoms with Crippen molar-refractivity contribution in [1.29, 1.82) is 0 Å². The molecule has 0 radical (unpaired) electrons. The molecule has 0 aliphatic carbocycles. The van der Waals surface area contributed by atoms with Gasteiger partial charge in [-0.2, -0.15) is 0 Å². The molecule has 1 aromatic carbocycles. The Labute approximate surface area is 135 Å². The Bertz CT molecular complexity index is 845. The molecule has 0 bridgehead atoms. The Hall–Kier alpha value is -3.06. The third-order valence-corrected chi connectivity index (χ3v) is 3.80. The van der Waals surface area contributed by atoms with Crippen LogP contribution in [0.5, 0.6) is 0 Å². The molecule has 0 fully saturated rings. The van der Waals surface area contributed by atoms with E-state index in [0.717, 1.165) is 5.69 Å². The lowest BCUT2D eigenvalue weighted by molar-refractivity contribution is 0.0696. The Morgan fingerprint density at radius 3 is 2.39 bits per heavy atom. The second kappa shape index (κ2) is 6.37. The molecule has 3 aromatic rings. The first-order chi connectivity index (χ1) is 11.1. The number of benzene rings is 1. The van der Waals surface area contributed by atoms with Gasteiger partial charge in [0.05, 0.1) is 11.3 Å². The minimum Gasteiger partial charge on any atom is -0.478 e. The van der Waals surface area contributed by atoms with Gasteiger partial charge in [-0.15, -0.1) is 11.3 Å². The van der Waals surface area contributed by atoms with E-state index >= 15 is 0 Å². The molecular weight excluding hydrogens is 314 g/mol. The number of carboxylic acid groups (broad SMARTS) is 1. The number of hydrogen-bond donors (Lipinski definition) is 2. The van der Waals surface area contributed by atoms with Gasteiger partial charge < -0.3 is 5.11 Å². The Morgan fingerprint density at radius 1 is 1.00 bits per heavy atom. The summed E-state index contributed by atoms with van der Waals surface area (Å²) in [6.45, 7) is 0. The zero-order chi connectivity index (χ0) is 16.2. The van der Waals surface area contributed by atoms with E-state index < -0.39 is 5.97 Å². The van der Waals surface area contributed by atoms with E-state index in [4.69, 9.17) is 5.11 Å². The smallest absolute Gasteiger partial charge is 0.335 e. The minimum absolute atomic E-state index is 0.133. The number of carbonyl (C=O) groups excluding carboxylic acids is 1. The summed E-state index contributed by atoms with van der Waals surface area (Å²) in [5, 5.41) is 13.8. The van der Waals surface area contributed by atoms with Crippen molar-refractivity contribution in [3.05, 3.63) is 65.2 Å². The highest BCUT2D eigenvalue weighted by Crippen LogP contribution is 2.23. The fourth-order valence-corrected chi connectivity index (χ4v) is 2.60. The molecule has 0 atom stereocenters. The van der Waals surface area contributed by atoms with Crippen LogP contribution in [0.1, 0.15) is 20.7 Å². The lowest BCUT2D eigenvalue weighted by Crippen LogP contribution is -2.12. The molecule has 2 aromatic heterocycles. The molecule has 0 aliphatic heterocycles. The first-order valence-corrected chi connectivity index (χ1v) is 7.53. The molecule has 0 spiro atoms. The molecule has 0 aliphatic rings. The van der Waals surface area contributed by atoms with E-state index in [2.05, 4.69) is 15.3 Å². The standard InChI is InChI=1S/C16H11N3O3S/c20-14(10-4-6-11(7-5-10)15(21)22)19-16-18-13(9-23-16)12-3-1-2-8-17-12/h1-9H,(H,21,22)(H,18,19,20). The van der Waals surface area contributed by atoms with Gasteiger partial charge in [-0.1, -0.05) is 6.07 Å². The fourth-order valence-electron chi connectivity index (χ4n) is 1.90. The predicted molar refractivity (Wildman–Crippen MR) is 86.7 cm³/mol. The van der Waals surface area contributed by atoms with Crippen LogP contribution in [0.15, 0.2) is 54.0 Å². The highest BCUT2D eigenvalue weighted by molar-refractivity contribution is 7.14. The zero-order valence-electron chi connectivity index (χ0n) is 11.8. The van der Waals surface area contributed by atoms with E-state index in [9.17, 15) is 9.59 Å². The maximum absolute atomic E-state index is 12.1. The SMILES string of the molecule is O=C(O)c1ccc(C(=O)Nc2nc(-c3ccccn3)cs2)cc1. The normalized spacial score (nSPS) is 10.3. The first-order valence-electron chi connectivity index (χ1n) is 6.65. The van der Waals surface area contributed by atoms with E-state index in [1.165, 1.54) is 35.6 Å². The number of nitrogens with zero attached hydrogens (tertiary/aromatic N) is 2. The highest BCUT2D eigenvalue weighted by Gasteiger charge is 2.11. The summed E-state index contributed by atoms with van der Waals surface area (Å²) in [5.41, 5.74) is 1.92. The summed E-state index contributed by atoms with van der Waals surface area (Å²) in [6.07, 6.45) is 1.68. The Morgan fingerprint density at radius 2 is 1.74 bits per heavy atom. The third-order valence-electron chi connectivity index (χ3n) is 3.05. The number of aromatic carboxylic acids is 1. The van der Waals surface area contributed by atoms with E-state index in [-0.39, 0.29) is 11.5 Å². The molecule has 114 valence electrons. The predicted octanol–water partition coefficient (Wildman–Crippen LogP) is 3.16. The Balaban J connectivity index is 1.73. The summed E-state index contributed by atoms with van der Waals surface area (Å²) < 4.78 is 0. The second-order valence-electron chi connectivity index (χ2n) is 4.59. The van der Waals surface area contributed by atoms with Gasteiger partial charge in [0.15, 0.2) is 5.13 Å². The lowest BCUT2D eigenvalue weighted by atomic mass is 10.1. The van der Waals surface area contributed by atoms with Crippen LogP contribution < -0.4 is 5.32 Å². The molecule has 3 rings (SSSR count). The van der Waals surface area contributed by atoms with Gasteiger partial charge in [-0.3, -0.25) is 15.1 Å². The van der Waals surface area contributed by atoms with Gasteiger partial charge in [-0.05, 0) is 36.4 Å². The van der Waals surface area contributed by atoms with Crippen molar-refractivity contribution in [1.82, 2.24) is 9.97 Å². The molecule has 6 nitrogen and oxygen atoms in total. The van der Waals surface area contributed by atoms with Gasteiger partial charge in [0.25, 0.3) is 5.91 Å². The number of thiazole rings is 1. The number of rotatable bonds is 4. The number of aromatic nitrogens is 2. The van der Waals surface area contributed by atoms with E-state index in [1.807, 2.05) is 23.6 Å². The van der Waals surface area contributed by atoms with Crippen LogP contribution in [0.4, 0.5) is 5.13 Å². The van der Waals surface area contributed by atoms with Crippen LogP contribution in [-0.4, -0.2) is 27.0 Å². The van der Waals surface area contributed by atoms with Crippen LogP contribution in [0, 0.1) is 0 Å². The van der Waals surface area contributed by atoms with Crippen molar-refractivity contribution in [3.8, 4) is 11.4 Å². The summed E-state index contributed by atoms with van der Waals surface area (Å²) >= 11 is 1.30. The maximum atomic E-state index is 12.1. The molecular formula is C16H11N3O3S. The quantitative estimate of drug-likeness (QED) is 0.768. The van der Waals surface area contributed by atoms with Crippen LogP contribution in [-0.2, 0) is 0 Å². The van der Waals surface area contributed by atoms with Gasteiger partial charge in [0, 0.05) is 17.1 Å². The maximum Gasteiger partial charge on any atom is 0.335 e. The molecule has 1 amide bonds. The largest absolute Gasteiger partial charge is 0.478 e. The Kier molecular flexibility index (Phi) is 4.11. The first kappa shape index (κ1) is 14.9. The summed E-state index contributed by atoms with van der Waals surface area (Å²) in [6, 6.07) is 11.2. The minimum atomic E-state index is -1.03. The molecule has 0 saturated heterocycles. The van der Waals surface area contributed by atoms with Gasteiger partial charge in [0.2, 0.25) is 0 Å². The zero-order valence-corrected chi connectivity index (χ0v) is 12.6. The molecule has 7 heteroatoms. The number of pyridine rings is 1. The number of hydrogen-bond acceptors (Lipinski definition) is 5. The monoisotopic (exact) mass is 325 g/mol. The van der Waals surface area contributed by atoms with Crippen molar-refractivity contribution < 1.29 is 14.7 Å². The number of amides is 1. The van der Waals surface area contributed by atoms with Crippen LogP contribution in [0.25, 0.3) is 11.4 Å². The molecule has 2 heterocycles. The number of nitrogens with one attached hydrogen (secondary N) is 1. The summed E-state index contributed by atoms with van der Waals surface area (Å²) in [7, 11) is 0. The van der Waals surface area contributed by atoms with E-state index in [0.29, 0.717) is 16.4 Å². The van der Waals surface area contributed by atoms with Gasteiger partial charge >= 0.3 is 5.97 Å². The lowest BCUT2D eigenvalue weighted by Gasteiger charge is -2.02. The number of anilines is 1. The molecule has 0 unspecified atom stereocenters. The second-order valence-corrected chi connectivity index (χ2v) is 5.45. The fraction of sp³-hybridized carbons (Fsp3) is 0. The third kappa shape index (κ3) is 3.41. The molecule has 23 heavy (non-hydrogen) atoms. The van der Waals surface area contributed by atoms with Gasteiger partial charge in [-0.25, -0.2) is 9.78 Å². The van der Waals surface area contributed by atoms with Crippen LogP contribution in [0.3, 0.4) is 0 Å². The van der Waals surface area contributed by atoms with Crippen molar-refractivity contribution in [3.63, 3.8) is 0 Å². The topological polar surface area (TPSA) is 92.2 Å². The van der Waals surface area contributed by atoms with Crippen molar-refractivity contribution in [2.45, 2.75) is 0 Å².